The molecule has 0 atom stereocenters. The number of hydrogen-bond acceptors (Lipinski definition) is 3. The Morgan fingerprint density at radius 2 is 2.53 bits per heavy atom. The van der Waals surface area contributed by atoms with Crippen molar-refractivity contribution in [1.82, 2.24) is 10.2 Å². The fourth-order valence-corrected chi connectivity index (χ4v) is 2.78. The Morgan fingerprint density at radius 1 is 1.67 bits per heavy atom. The number of hydrogen-bond donors (Lipinski definition) is 1. The fourth-order valence-electron chi connectivity index (χ4n) is 1.89. The molecule has 2 rings (SSSR count). The minimum absolute atomic E-state index is 0.0585. The smallest absolute Gasteiger partial charge is 0.216 e. The lowest BCUT2D eigenvalue weighted by atomic mass is 10.1. The summed E-state index contributed by atoms with van der Waals surface area (Å²) in [4.78, 5) is 14.6. The standard InChI is InChI=1S/C11H16N2OS/c1-9(14)12-4-6-13-5-2-11-10(8-13)3-7-15-11/h3,7H,2,4-6,8H2,1H3,(H,12,14). The van der Waals surface area contributed by atoms with Gasteiger partial charge in [-0.05, 0) is 23.4 Å². The topological polar surface area (TPSA) is 32.3 Å². The maximum Gasteiger partial charge on any atom is 0.216 e. The molecule has 1 aliphatic heterocycles. The number of fused-ring (bicyclic) bond motifs is 1. The summed E-state index contributed by atoms with van der Waals surface area (Å²) < 4.78 is 0. The van der Waals surface area contributed by atoms with Crippen LogP contribution in [0.5, 0.6) is 0 Å². The van der Waals surface area contributed by atoms with E-state index in [0.29, 0.717) is 0 Å². The zero-order valence-electron chi connectivity index (χ0n) is 8.95. The molecule has 15 heavy (non-hydrogen) atoms. The van der Waals surface area contributed by atoms with E-state index in [9.17, 15) is 4.79 Å². The molecule has 0 saturated heterocycles. The third-order valence-electron chi connectivity index (χ3n) is 2.69. The molecule has 82 valence electrons. The molecule has 0 aliphatic carbocycles. The minimum atomic E-state index is 0.0585. The van der Waals surface area contributed by atoms with Gasteiger partial charge in [-0.3, -0.25) is 9.69 Å². The van der Waals surface area contributed by atoms with Crippen molar-refractivity contribution in [2.24, 2.45) is 0 Å². The predicted molar refractivity (Wildman–Crippen MR) is 62.0 cm³/mol. The molecular weight excluding hydrogens is 208 g/mol. The van der Waals surface area contributed by atoms with E-state index >= 15 is 0 Å². The molecule has 0 fully saturated rings. The van der Waals surface area contributed by atoms with Crippen LogP contribution in [-0.2, 0) is 17.8 Å². The van der Waals surface area contributed by atoms with Crippen LogP contribution in [0.2, 0.25) is 0 Å². The highest BCUT2D eigenvalue weighted by molar-refractivity contribution is 7.10. The molecule has 4 heteroatoms. The average molecular weight is 224 g/mol. The van der Waals surface area contributed by atoms with Crippen molar-refractivity contribution in [2.45, 2.75) is 19.9 Å². The van der Waals surface area contributed by atoms with Crippen LogP contribution in [0.3, 0.4) is 0 Å². The highest BCUT2D eigenvalue weighted by Crippen LogP contribution is 2.23. The molecular formula is C11H16N2OS. The third kappa shape index (κ3) is 2.79. The van der Waals surface area contributed by atoms with Gasteiger partial charge in [-0.1, -0.05) is 0 Å². The van der Waals surface area contributed by atoms with Crippen molar-refractivity contribution in [3.05, 3.63) is 21.9 Å². The van der Waals surface area contributed by atoms with E-state index in [0.717, 1.165) is 32.6 Å². The molecule has 2 heterocycles. The van der Waals surface area contributed by atoms with E-state index in [1.54, 1.807) is 6.92 Å². The van der Waals surface area contributed by atoms with Gasteiger partial charge in [-0.15, -0.1) is 11.3 Å². The molecule has 0 unspecified atom stereocenters. The highest BCUT2D eigenvalue weighted by atomic mass is 32.1. The largest absolute Gasteiger partial charge is 0.355 e. The van der Waals surface area contributed by atoms with Gasteiger partial charge in [0, 0.05) is 38.0 Å². The van der Waals surface area contributed by atoms with Gasteiger partial charge in [-0.2, -0.15) is 0 Å². The van der Waals surface area contributed by atoms with Crippen LogP contribution in [0.1, 0.15) is 17.4 Å². The quantitative estimate of drug-likeness (QED) is 0.838. The summed E-state index contributed by atoms with van der Waals surface area (Å²) >= 11 is 1.86. The second-order valence-corrected chi connectivity index (χ2v) is 4.88. The summed E-state index contributed by atoms with van der Waals surface area (Å²) in [5.41, 5.74) is 1.47. The minimum Gasteiger partial charge on any atom is -0.355 e. The van der Waals surface area contributed by atoms with Crippen molar-refractivity contribution in [3.8, 4) is 0 Å². The molecule has 0 aromatic carbocycles. The summed E-state index contributed by atoms with van der Waals surface area (Å²) in [7, 11) is 0. The summed E-state index contributed by atoms with van der Waals surface area (Å²) in [6.07, 6.45) is 1.16. The first-order chi connectivity index (χ1) is 7.25. The molecule has 1 amide bonds. The molecule has 1 aliphatic rings. The lowest BCUT2D eigenvalue weighted by Gasteiger charge is -2.26. The van der Waals surface area contributed by atoms with Crippen molar-refractivity contribution in [1.29, 1.82) is 0 Å². The van der Waals surface area contributed by atoms with Gasteiger partial charge in [0.25, 0.3) is 0 Å². The van der Waals surface area contributed by atoms with Crippen LogP contribution in [0.25, 0.3) is 0 Å². The van der Waals surface area contributed by atoms with E-state index < -0.39 is 0 Å². The number of thiophene rings is 1. The molecule has 0 bridgehead atoms. The summed E-state index contributed by atoms with van der Waals surface area (Å²) in [5.74, 6) is 0.0585. The van der Waals surface area contributed by atoms with E-state index in [1.165, 1.54) is 10.4 Å². The summed E-state index contributed by atoms with van der Waals surface area (Å²) in [6.45, 7) is 5.43. The zero-order chi connectivity index (χ0) is 10.7. The van der Waals surface area contributed by atoms with Gasteiger partial charge < -0.3 is 5.32 Å². The Bertz CT molecular complexity index is 348. The van der Waals surface area contributed by atoms with Crippen molar-refractivity contribution >= 4 is 17.2 Å². The van der Waals surface area contributed by atoms with Crippen LogP contribution < -0.4 is 5.32 Å². The Balaban J connectivity index is 1.80. The lowest BCUT2D eigenvalue weighted by molar-refractivity contribution is -0.119. The Kier molecular flexibility index (Phi) is 3.38. The van der Waals surface area contributed by atoms with Crippen LogP contribution in [0, 0.1) is 0 Å². The first-order valence-electron chi connectivity index (χ1n) is 5.28. The summed E-state index contributed by atoms with van der Waals surface area (Å²) in [6, 6.07) is 2.21. The van der Waals surface area contributed by atoms with Gasteiger partial charge >= 0.3 is 0 Å². The number of carbonyl (C=O) groups excluding carboxylic acids is 1. The van der Waals surface area contributed by atoms with Gasteiger partial charge in [-0.25, -0.2) is 0 Å². The first kappa shape index (κ1) is 10.6. The van der Waals surface area contributed by atoms with Crippen LogP contribution >= 0.6 is 11.3 Å². The fraction of sp³-hybridized carbons (Fsp3) is 0.545. The maximum absolute atomic E-state index is 10.7. The zero-order valence-corrected chi connectivity index (χ0v) is 9.77. The molecule has 0 radical (unpaired) electrons. The Morgan fingerprint density at radius 3 is 3.33 bits per heavy atom. The number of nitrogens with zero attached hydrogens (tertiary/aromatic N) is 1. The molecule has 1 N–H and O–H groups in total. The van der Waals surface area contributed by atoms with Gasteiger partial charge in [0.1, 0.15) is 0 Å². The number of rotatable bonds is 3. The maximum atomic E-state index is 10.7. The van der Waals surface area contributed by atoms with Crippen molar-refractivity contribution in [3.63, 3.8) is 0 Å². The normalized spacial score (nSPS) is 16.1. The SMILES string of the molecule is CC(=O)NCCN1CCc2sccc2C1. The summed E-state index contributed by atoms with van der Waals surface area (Å²) in [5, 5.41) is 5.00. The Labute approximate surface area is 94.1 Å². The Hall–Kier alpha value is -0.870. The van der Waals surface area contributed by atoms with E-state index in [2.05, 4.69) is 21.7 Å². The van der Waals surface area contributed by atoms with Crippen molar-refractivity contribution in [2.75, 3.05) is 19.6 Å². The second kappa shape index (κ2) is 4.77. The predicted octanol–water partition coefficient (Wildman–Crippen LogP) is 1.24. The molecule has 3 nitrogen and oxygen atoms in total. The molecule has 1 aromatic heterocycles. The molecule has 1 aromatic rings. The van der Waals surface area contributed by atoms with Gasteiger partial charge in [0.15, 0.2) is 0 Å². The molecule has 0 spiro atoms. The number of carbonyl (C=O) groups is 1. The first-order valence-corrected chi connectivity index (χ1v) is 6.15. The average Bonchev–Trinajstić information content (AvgIpc) is 2.64. The number of amides is 1. The highest BCUT2D eigenvalue weighted by Gasteiger charge is 2.16. The van der Waals surface area contributed by atoms with Crippen LogP contribution in [0.4, 0.5) is 0 Å². The van der Waals surface area contributed by atoms with Crippen LogP contribution in [0.15, 0.2) is 11.4 Å². The van der Waals surface area contributed by atoms with Gasteiger partial charge in [0.2, 0.25) is 5.91 Å². The number of nitrogens with one attached hydrogen (secondary N) is 1. The van der Waals surface area contributed by atoms with Crippen LogP contribution in [-0.4, -0.2) is 30.4 Å². The van der Waals surface area contributed by atoms with E-state index in [-0.39, 0.29) is 5.91 Å². The van der Waals surface area contributed by atoms with Crippen molar-refractivity contribution < 1.29 is 4.79 Å². The van der Waals surface area contributed by atoms with E-state index in [4.69, 9.17) is 0 Å². The second-order valence-electron chi connectivity index (χ2n) is 3.88. The third-order valence-corrected chi connectivity index (χ3v) is 3.71. The lowest BCUT2D eigenvalue weighted by Crippen LogP contribution is -2.36. The molecule has 0 saturated carbocycles. The van der Waals surface area contributed by atoms with Gasteiger partial charge in [0.05, 0.1) is 0 Å². The monoisotopic (exact) mass is 224 g/mol. The van der Waals surface area contributed by atoms with E-state index in [1.807, 2.05) is 11.3 Å².